The quantitative estimate of drug-likeness (QED) is 0.915. The zero-order chi connectivity index (χ0) is 13.6. The second kappa shape index (κ2) is 6.86. The maximum Gasteiger partial charge on any atom is 0.138 e. The maximum absolute atomic E-state index is 5.98. The standard InChI is InChI=1S/C16H22N2O2/c1-2-14(18-7-1)4-3-13-10-16(12-17-11-13)20-15-5-8-19-9-6-15/h3-4,10-12,14-15,18H,1-2,5-9H2. The van der Waals surface area contributed by atoms with Crippen molar-refractivity contribution in [3.05, 3.63) is 30.1 Å². The first kappa shape index (κ1) is 13.6. The highest BCUT2D eigenvalue weighted by Crippen LogP contribution is 2.19. The van der Waals surface area contributed by atoms with Crippen molar-refractivity contribution in [1.29, 1.82) is 0 Å². The smallest absolute Gasteiger partial charge is 0.138 e. The summed E-state index contributed by atoms with van der Waals surface area (Å²) < 4.78 is 11.3. The molecule has 2 aliphatic rings. The molecule has 1 aromatic heterocycles. The van der Waals surface area contributed by atoms with Crippen molar-refractivity contribution in [2.45, 2.75) is 37.8 Å². The van der Waals surface area contributed by atoms with E-state index in [1.54, 1.807) is 6.20 Å². The molecule has 4 nitrogen and oxygen atoms in total. The molecule has 0 radical (unpaired) electrons. The summed E-state index contributed by atoms with van der Waals surface area (Å²) in [5.41, 5.74) is 1.10. The zero-order valence-corrected chi connectivity index (χ0v) is 11.8. The van der Waals surface area contributed by atoms with Gasteiger partial charge in [0.25, 0.3) is 0 Å². The number of hydrogen-bond donors (Lipinski definition) is 1. The molecule has 0 amide bonds. The Bertz CT molecular complexity index is 450. The zero-order valence-electron chi connectivity index (χ0n) is 11.8. The van der Waals surface area contributed by atoms with Crippen molar-refractivity contribution in [3.8, 4) is 5.75 Å². The van der Waals surface area contributed by atoms with E-state index in [1.807, 2.05) is 6.20 Å². The van der Waals surface area contributed by atoms with Crippen LogP contribution in [0.1, 0.15) is 31.2 Å². The number of pyridine rings is 1. The van der Waals surface area contributed by atoms with Crippen molar-refractivity contribution in [1.82, 2.24) is 10.3 Å². The van der Waals surface area contributed by atoms with Crippen molar-refractivity contribution in [2.24, 2.45) is 0 Å². The Balaban J connectivity index is 1.59. The molecule has 2 fully saturated rings. The second-order valence-corrected chi connectivity index (χ2v) is 5.45. The summed E-state index contributed by atoms with van der Waals surface area (Å²) in [6, 6.07) is 2.57. The summed E-state index contributed by atoms with van der Waals surface area (Å²) in [5, 5.41) is 3.45. The van der Waals surface area contributed by atoms with Crippen LogP contribution in [-0.2, 0) is 4.74 Å². The largest absolute Gasteiger partial charge is 0.489 e. The van der Waals surface area contributed by atoms with E-state index in [1.165, 1.54) is 12.8 Å². The highest BCUT2D eigenvalue weighted by molar-refractivity contribution is 5.50. The number of ether oxygens (including phenoxy) is 2. The number of hydrogen-bond acceptors (Lipinski definition) is 4. The summed E-state index contributed by atoms with van der Waals surface area (Å²) in [4.78, 5) is 4.27. The summed E-state index contributed by atoms with van der Waals surface area (Å²) in [5.74, 6) is 0.860. The van der Waals surface area contributed by atoms with E-state index in [0.717, 1.165) is 43.9 Å². The molecular formula is C16H22N2O2. The van der Waals surface area contributed by atoms with Gasteiger partial charge in [0.05, 0.1) is 19.4 Å². The van der Waals surface area contributed by atoms with Gasteiger partial charge in [0.2, 0.25) is 0 Å². The minimum Gasteiger partial charge on any atom is -0.489 e. The Labute approximate surface area is 120 Å². The topological polar surface area (TPSA) is 43.4 Å². The molecule has 3 heterocycles. The molecular weight excluding hydrogens is 252 g/mol. The monoisotopic (exact) mass is 274 g/mol. The highest BCUT2D eigenvalue weighted by Gasteiger charge is 2.15. The Morgan fingerprint density at radius 1 is 1.25 bits per heavy atom. The average Bonchev–Trinajstić information content (AvgIpc) is 3.00. The van der Waals surface area contributed by atoms with Crippen molar-refractivity contribution in [2.75, 3.05) is 19.8 Å². The van der Waals surface area contributed by atoms with Gasteiger partial charge in [0.15, 0.2) is 0 Å². The van der Waals surface area contributed by atoms with Gasteiger partial charge < -0.3 is 14.8 Å². The van der Waals surface area contributed by atoms with E-state index < -0.39 is 0 Å². The predicted molar refractivity (Wildman–Crippen MR) is 78.8 cm³/mol. The molecule has 0 aliphatic carbocycles. The Morgan fingerprint density at radius 2 is 2.15 bits per heavy atom. The third-order valence-corrected chi connectivity index (χ3v) is 3.82. The summed E-state index contributed by atoms with van der Waals surface area (Å²) in [6.07, 6.45) is 12.7. The van der Waals surface area contributed by atoms with Crippen LogP contribution in [0.4, 0.5) is 0 Å². The molecule has 20 heavy (non-hydrogen) atoms. The van der Waals surface area contributed by atoms with Crippen LogP contribution in [0, 0.1) is 0 Å². The lowest BCUT2D eigenvalue weighted by Crippen LogP contribution is -2.25. The first-order valence-corrected chi connectivity index (χ1v) is 7.51. The minimum atomic E-state index is 0.265. The second-order valence-electron chi connectivity index (χ2n) is 5.45. The van der Waals surface area contributed by atoms with Crippen LogP contribution in [0.3, 0.4) is 0 Å². The van der Waals surface area contributed by atoms with Crippen molar-refractivity contribution in [3.63, 3.8) is 0 Å². The number of nitrogens with one attached hydrogen (secondary N) is 1. The Hall–Kier alpha value is -1.39. The highest BCUT2D eigenvalue weighted by atomic mass is 16.5. The van der Waals surface area contributed by atoms with Crippen molar-refractivity contribution >= 4 is 6.08 Å². The van der Waals surface area contributed by atoms with Crippen LogP contribution < -0.4 is 10.1 Å². The van der Waals surface area contributed by atoms with Gasteiger partial charge >= 0.3 is 0 Å². The molecule has 0 spiro atoms. The van der Waals surface area contributed by atoms with E-state index in [4.69, 9.17) is 9.47 Å². The first-order chi connectivity index (χ1) is 9.90. The summed E-state index contributed by atoms with van der Waals surface area (Å²) in [6.45, 7) is 2.72. The Morgan fingerprint density at radius 3 is 2.95 bits per heavy atom. The fourth-order valence-corrected chi connectivity index (χ4v) is 2.68. The normalized spacial score (nSPS) is 24.3. The van der Waals surface area contributed by atoms with E-state index >= 15 is 0 Å². The van der Waals surface area contributed by atoms with E-state index in [-0.39, 0.29) is 6.10 Å². The fourth-order valence-electron chi connectivity index (χ4n) is 2.68. The van der Waals surface area contributed by atoms with E-state index in [2.05, 4.69) is 28.5 Å². The third kappa shape index (κ3) is 3.81. The summed E-state index contributed by atoms with van der Waals surface area (Å²) >= 11 is 0. The molecule has 3 rings (SSSR count). The van der Waals surface area contributed by atoms with Gasteiger partial charge in [-0.3, -0.25) is 4.98 Å². The molecule has 2 aliphatic heterocycles. The lowest BCUT2D eigenvalue weighted by Gasteiger charge is -2.23. The van der Waals surface area contributed by atoms with Gasteiger partial charge in [-0.1, -0.05) is 12.2 Å². The fraction of sp³-hybridized carbons (Fsp3) is 0.562. The van der Waals surface area contributed by atoms with Gasteiger partial charge in [-0.15, -0.1) is 0 Å². The molecule has 4 heteroatoms. The minimum absolute atomic E-state index is 0.265. The van der Waals surface area contributed by atoms with Gasteiger partial charge in [-0.25, -0.2) is 0 Å². The van der Waals surface area contributed by atoms with E-state index in [0.29, 0.717) is 6.04 Å². The molecule has 0 aromatic carbocycles. The van der Waals surface area contributed by atoms with Crippen LogP contribution in [0.25, 0.3) is 6.08 Å². The predicted octanol–water partition coefficient (Wildman–Crippen LogP) is 2.40. The van der Waals surface area contributed by atoms with E-state index in [9.17, 15) is 0 Å². The van der Waals surface area contributed by atoms with Gasteiger partial charge in [0.1, 0.15) is 11.9 Å². The van der Waals surface area contributed by atoms with Crippen LogP contribution in [0.2, 0.25) is 0 Å². The lowest BCUT2D eigenvalue weighted by molar-refractivity contribution is 0.0254. The molecule has 0 saturated carbocycles. The molecule has 1 atom stereocenters. The SMILES string of the molecule is C(=CC1CCCN1)c1cncc(OC2CCOCC2)c1. The summed E-state index contributed by atoms with van der Waals surface area (Å²) in [7, 11) is 0. The van der Waals surface area contributed by atoms with Crippen LogP contribution in [0.15, 0.2) is 24.5 Å². The number of aromatic nitrogens is 1. The average molecular weight is 274 g/mol. The van der Waals surface area contributed by atoms with Crippen molar-refractivity contribution < 1.29 is 9.47 Å². The molecule has 108 valence electrons. The number of nitrogens with zero attached hydrogens (tertiary/aromatic N) is 1. The molecule has 1 N–H and O–H groups in total. The third-order valence-electron chi connectivity index (χ3n) is 3.82. The molecule has 0 bridgehead atoms. The van der Waals surface area contributed by atoms with Crippen LogP contribution in [0.5, 0.6) is 5.75 Å². The lowest BCUT2D eigenvalue weighted by atomic mass is 10.1. The van der Waals surface area contributed by atoms with Gasteiger partial charge in [-0.2, -0.15) is 0 Å². The molecule has 2 saturated heterocycles. The number of rotatable bonds is 4. The van der Waals surface area contributed by atoms with Gasteiger partial charge in [0, 0.05) is 25.1 Å². The maximum atomic E-state index is 5.98. The first-order valence-electron chi connectivity index (χ1n) is 7.51. The van der Waals surface area contributed by atoms with Crippen LogP contribution in [-0.4, -0.2) is 36.9 Å². The Kier molecular flexibility index (Phi) is 4.66. The van der Waals surface area contributed by atoms with Gasteiger partial charge in [-0.05, 0) is 31.0 Å². The molecule has 1 unspecified atom stereocenters. The molecule has 1 aromatic rings. The van der Waals surface area contributed by atoms with Crippen LogP contribution >= 0.6 is 0 Å².